The fourth-order valence-electron chi connectivity index (χ4n) is 0.685. The molecular formula is C6H11NO4S. The summed E-state index contributed by atoms with van der Waals surface area (Å²) in [6.45, 7) is 0. The third-order valence-corrected chi connectivity index (χ3v) is 1.91. The van der Waals surface area contributed by atoms with Gasteiger partial charge in [0.25, 0.3) is 10.1 Å². The molecule has 0 amide bonds. The third-order valence-electron chi connectivity index (χ3n) is 1.22. The van der Waals surface area contributed by atoms with Gasteiger partial charge in [-0.1, -0.05) is 0 Å². The lowest BCUT2D eigenvalue weighted by Gasteiger charge is -1.99. The molecule has 0 aromatic carbocycles. The van der Waals surface area contributed by atoms with Gasteiger partial charge >= 0.3 is 0 Å². The normalized spacial score (nSPS) is 13.0. The molecule has 0 saturated carbocycles. The summed E-state index contributed by atoms with van der Waals surface area (Å²) in [5.41, 5.74) is 0.310. The van der Waals surface area contributed by atoms with Crippen LogP contribution < -0.4 is 0 Å². The van der Waals surface area contributed by atoms with E-state index < -0.39 is 15.9 Å². The molecule has 12 heavy (non-hydrogen) atoms. The number of carbonyl (C=O) groups is 1. The molecule has 5 nitrogen and oxygen atoms in total. The van der Waals surface area contributed by atoms with Crippen LogP contribution in [-0.4, -0.2) is 37.8 Å². The molecular weight excluding hydrogens is 182 g/mol. The van der Waals surface area contributed by atoms with Gasteiger partial charge in [0.05, 0.1) is 0 Å². The SMILES string of the molecule is CN=C(CCC=O)CS(=O)(=O)O. The first-order valence-corrected chi connectivity index (χ1v) is 4.94. The number of hydrogen-bond donors (Lipinski definition) is 1. The average Bonchev–Trinajstić information content (AvgIpc) is 1.95. The van der Waals surface area contributed by atoms with Crippen LogP contribution in [0.3, 0.4) is 0 Å². The Morgan fingerprint density at radius 1 is 1.58 bits per heavy atom. The Morgan fingerprint density at radius 2 is 2.17 bits per heavy atom. The smallest absolute Gasteiger partial charge is 0.270 e. The van der Waals surface area contributed by atoms with Crippen molar-refractivity contribution in [3.63, 3.8) is 0 Å². The molecule has 0 radical (unpaired) electrons. The maximum absolute atomic E-state index is 10.4. The predicted molar refractivity (Wildman–Crippen MR) is 45.1 cm³/mol. The van der Waals surface area contributed by atoms with E-state index in [9.17, 15) is 13.2 Å². The second kappa shape index (κ2) is 5.00. The minimum atomic E-state index is -4.01. The summed E-state index contributed by atoms with van der Waals surface area (Å²) >= 11 is 0. The molecule has 0 aliphatic heterocycles. The van der Waals surface area contributed by atoms with Gasteiger partial charge in [-0.3, -0.25) is 9.55 Å². The highest BCUT2D eigenvalue weighted by molar-refractivity contribution is 7.86. The molecule has 1 N–H and O–H groups in total. The highest BCUT2D eigenvalue weighted by atomic mass is 32.2. The van der Waals surface area contributed by atoms with Crippen LogP contribution in [0.25, 0.3) is 0 Å². The highest BCUT2D eigenvalue weighted by Gasteiger charge is 2.09. The second-order valence-electron chi connectivity index (χ2n) is 2.22. The Hall–Kier alpha value is -0.750. The van der Waals surface area contributed by atoms with Gasteiger partial charge < -0.3 is 4.79 Å². The minimum absolute atomic E-state index is 0.224. The van der Waals surface area contributed by atoms with Crippen LogP contribution in [0.15, 0.2) is 4.99 Å². The fraction of sp³-hybridized carbons (Fsp3) is 0.667. The molecule has 0 aromatic heterocycles. The van der Waals surface area contributed by atoms with Crippen molar-refractivity contribution in [3.05, 3.63) is 0 Å². The number of aldehydes is 1. The molecule has 0 spiro atoms. The lowest BCUT2D eigenvalue weighted by Crippen LogP contribution is -2.15. The van der Waals surface area contributed by atoms with Crippen molar-refractivity contribution in [2.75, 3.05) is 12.8 Å². The first-order valence-electron chi connectivity index (χ1n) is 3.33. The Labute approximate surface area is 71.2 Å². The van der Waals surface area contributed by atoms with Crippen LogP contribution in [0, 0.1) is 0 Å². The minimum Gasteiger partial charge on any atom is -0.303 e. The maximum Gasteiger partial charge on any atom is 0.270 e. The number of hydrogen-bond acceptors (Lipinski definition) is 4. The fourth-order valence-corrected chi connectivity index (χ4v) is 1.38. The lowest BCUT2D eigenvalue weighted by atomic mass is 10.2. The molecule has 0 aromatic rings. The lowest BCUT2D eigenvalue weighted by molar-refractivity contribution is -0.107. The van der Waals surface area contributed by atoms with Crippen molar-refractivity contribution in [2.45, 2.75) is 12.8 Å². The molecule has 0 unspecified atom stereocenters. The topological polar surface area (TPSA) is 83.8 Å². The van der Waals surface area contributed by atoms with Gasteiger partial charge in [0, 0.05) is 19.2 Å². The van der Waals surface area contributed by atoms with Crippen molar-refractivity contribution in [1.29, 1.82) is 0 Å². The summed E-state index contributed by atoms with van der Waals surface area (Å²) in [6, 6.07) is 0. The van der Waals surface area contributed by atoms with E-state index >= 15 is 0 Å². The molecule has 0 fully saturated rings. The van der Waals surface area contributed by atoms with E-state index in [1.165, 1.54) is 7.05 Å². The second-order valence-corrected chi connectivity index (χ2v) is 3.67. The van der Waals surface area contributed by atoms with E-state index in [1.807, 2.05) is 0 Å². The molecule has 70 valence electrons. The molecule has 0 aliphatic rings. The summed E-state index contributed by atoms with van der Waals surface area (Å²) < 4.78 is 29.1. The molecule has 0 bridgehead atoms. The zero-order chi connectivity index (χ0) is 9.61. The Balaban J connectivity index is 4.12. The quantitative estimate of drug-likeness (QED) is 0.376. The van der Waals surface area contributed by atoms with E-state index in [1.54, 1.807) is 0 Å². The summed E-state index contributed by atoms with van der Waals surface area (Å²) in [5, 5.41) is 0. The van der Waals surface area contributed by atoms with Crippen molar-refractivity contribution >= 4 is 22.1 Å². The largest absolute Gasteiger partial charge is 0.303 e. The molecule has 0 rings (SSSR count). The zero-order valence-corrected chi connectivity index (χ0v) is 7.54. The third kappa shape index (κ3) is 5.99. The summed E-state index contributed by atoms with van der Waals surface area (Å²) in [5.74, 6) is -0.489. The molecule has 0 heterocycles. The standard InChI is InChI=1S/C6H11NO4S/c1-7-6(3-2-4-8)5-12(9,10)11/h4H,2-3,5H2,1H3,(H,9,10,11). The van der Waals surface area contributed by atoms with E-state index in [0.29, 0.717) is 12.0 Å². The van der Waals surface area contributed by atoms with E-state index in [-0.39, 0.29) is 12.8 Å². The highest BCUT2D eigenvalue weighted by Crippen LogP contribution is 1.94. The predicted octanol–water partition coefficient (Wildman–Crippen LogP) is -0.0759. The van der Waals surface area contributed by atoms with Gasteiger partial charge in [-0.2, -0.15) is 8.42 Å². The van der Waals surface area contributed by atoms with Gasteiger partial charge in [0.15, 0.2) is 0 Å². The van der Waals surface area contributed by atoms with Crippen LogP contribution in [0.1, 0.15) is 12.8 Å². The van der Waals surface area contributed by atoms with Crippen LogP contribution in [0.4, 0.5) is 0 Å². The van der Waals surface area contributed by atoms with E-state index in [2.05, 4.69) is 4.99 Å². The number of aliphatic imine (C=N–C) groups is 1. The van der Waals surface area contributed by atoms with Crippen LogP contribution in [0.5, 0.6) is 0 Å². The van der Waals surface area contributed by atoms with Crippen molar-refractivity contribution in [1.82, 2.24) is 0 Å². The number of carbonyl (C=O) groups excluding carboxylic acids is 1. The number of nitrogens with zero attached hydrogens (tertiary/aromatic N) is 1. The monoisotopic (exact) mass is 193 g/mol. The summed E-state index contributed by atoms with van der Waals surface area (Å²) in [6.07, 6.45) is 1.18. The van der Waals surface area contributed by atoms with Crippen LogP contribution >= 0.6 is 0 Å². The van der Waals surface area contributed by atoms with Gasteiger partial charge in [0.1, 0.15) is 12.0 Å². The van der Waals surface area contributed by atoms with Crippen molar-refractivity contribution in [3.8, 4) is 0 Å². The van der Waals surface area contributed by atoms with Crippen LogP contribution in [-0.2, 0) is 14.9 Å². The van der Waals surface area contributed by atoms with Crippen molar-refractivity contribution < 1.29 is 17.8 Å². The van der Waals surface area contributed by atoms with E-state index in [4.69, 9.17) is 4.55 Å². The van der Waals surface area contributed by atoms with Crippen LogP contribution in [0.2, 0.25) is 0 Å². The first kappa shape index (κ1) is 11.2. The summed E-state index contributed by atoms with van der Waals surface area (Å²) in [4.78, 5) is 13.6. The molecule has 6 heteroatoms. The van der Waals surface area contributed by atoms with Gasteiger partial charge in [-0.05, 0) is 6.42 Å². The zero-order valence-electron chi connectivity index (χ0n) is 6.73. The average molecular weight is 193 g/mol. The summed E-state index contributed by atoms with van der Waals surface area (Å²) in [7, 11) is -2.59. The van der Waals surface area contributed by atoms with Gasteiger partial charge in [-0.25, -0.2) is 0 Å². The molecule has 0 saturated heterocycles. The van der Waals surface area contributed by atoms with E-state index in [0.717, 1.165) is 0 Å². The Morgan fingerprint density at radius 3 is 2.50 bits per heavy atom. The van der Waals surface area contributed by atoms with Gasteiger partial charge in [-0.15, -0.1) is 0 Å². The Bertz CT molecular complexity index is 267. The molecule has 0 atom stereocenters. The molecule has 0 aliphatic carbocycles. The van der Waals surface area contributed by atoms with Gasteiger partial charge in [0.2, 0.25) is 0 Å². The first-order chi connectivity index (χ1) is 5.49. The van der Waals surface area contributed by atoms with Crippen molar-refractivity contribution in [2.24, 2.45) is 4.99 Å². The number of rotatable bonds is 5. The maximum atomic E-state index is 10.4. The Kier molecular flexibility index (Phi) is 4.68.